The smallest absolute Gasteiger partial charge is 0.258 e. The van der Waals surface area contributed by atoms with E-state index >= 15 is 0 Å². The highest BCUT2D eigenvalue weighted by atomic mass is 16.5. The van der Waals surface area contributed by atoms with Crippen molar-refractivity contribution in [2.75, 3.05) is 14.1 Å². The summed E-state index contributed by atoms with van der Waals surface area (Å²) in [6.07, 6.45) is 0. The zero-order valence-corrected chi connectivity index (χ0v) is 26.5. The molecule has 1 N–H and O–H groups in total. The second-order valence-corrected chi connectivity index (χ2v) is 12.1. The van der Waals surface area contributed by atoms with Crippen molar-refractivity contribution in [2.45, 2.75) is 86.1 Å². The van der Waals surface area contributed by atoms with Gasteiger partial charge in [0.15, 0.2) is 0 Å². The monoisotopic (exact) mass is 544 g/mol. The van der Waals surface area contributed by atoms with E-state index in [0.29, 0.717) is 23.3 Å². The lowest BCUT2D eigenvalue weighted by Gasteiger charge is -2.27. The van der Waals surface area contributed by atoms with E-state index in [4.69, 9.17) is 4.52 Å². The van der Waals surface area contributed by atoms with Crippen molar-refractivity contribution in [3.63, 3.8) is 0 Å². The van der Waals surface area contributed by atoms with E-state index in [1.807, 2.05) is 63.2 Å². The summed E-state index contributed by atoms with van der Waals surface area (Å²) in [4.78, 5) is 11.1. The minimum Gasteiger partial charge on any atom is -0.507 e. The molecule has 40 heavy (non-hydrogen) atoms. The van der Waals surface area contributed by atoms with Crippen LogP contribution in [0.25, 0.3) is 22.8 Å². The Kier molecular flexibility index (Phi) is 11.2. The number of nitrogens with zero attached hydrogens (tertiary/aromatic N) is 4. The maximum absolute atomic E-state index is 10.9. The Morgan fingerprint density at radius 3 is 1.98 bits per heavy atom. The van der Waals surface area contributed by atoms with Crippen molar-refractivity contribution in [2.24, 2.45) is 0 Å². The molecule has 2 heterocycles. The number of aromatic nitrogens is 3. The summed E-state index contributed by atoms with van der Waals surface area (Å²) in [5.74, 6) is 1.06. The fourth-order valence-electron chi connectivity index (χ4n) is 3.90. The number of phenols is 1. The minimum absolute atomic E-state index is 0.0611. The summed E-state index contributed by atoms with van der Waals surface area (Å²) in [6, 6.07) is 20.2. The molecule has 0 radical (unpaired) electrons. The number of aryl methyl sites for hydroxylation is 1. The predicted molar refractivity (Wildman–Crippen MR) is 167 cm³/mol. The molecule has 4 rings (SSSR count). The summed E-state index contributed by atoms with van der Waals surface area (Å²) < 4.78 is 5.44. The zero-order valence-electron chi connectivity index (χ0n) is 26.5. The number of hydrogen-bond acceptors (Lipinski definition) is 6. The average Bonchev–Trinajstić information content (AvgIpc) is 3.39. The molecule has 0 spiro atoms. The van der Waals surface area contributed by atoms with Crippen molar-refractivity contribution in [3.05, 3.63) is 83.2 Å². The molecule has 0 amide bonds. The molecule has 0 aliphatic heterocycles. The second kappa shape index (κ2) is 13.7. The molecular weight excluding hydrogens is 496 g/mol. The summed E-state index contributed by atoms with van der Waals surface area (Å²) in [7, 11) is 4.13. The van der Waals surface area contributed by atoms with Crippen LogP contribution in [0.1, 0.15) is 90.9 Å². The molecule has 0 saturated carbocycles. The lowest BCUT2D eigenvalue weighted by Crippen LogP contribution is -2.17. The highest BCUT2D eigenvalue weighted by molar-refractivity contribution is 5.70. The van der Waals surface area contributed by atoms with Gasteiger partial charge < -0.3 is 14.5 Å². The Hall–Kier alpha value is -3.51. The van der Waals surface area contributed by atoms with Gasteiger partial charge in [-0.05, 0) is 74.7 Å². The summed E-state index contributed by atoms with van der Waals surface area (Å²) in [5, 5.41) is 15.1. The number of pyridine rings is 1. The van der Waals surface area contributed by atoms with Crippen molar-refractivity contribution in [3.8, 4) is 28.6 Å². The van der Waals surface area contributed by atoms with Gasteiger partial charge in [0, 0.05) is 22.9 Å². The van der Waals surface area contributed by atoms with Gasteiger partial charge in [0.25, 0.3) is 5.89 Å². The Morgan fingerprint density at radius 1 is 0.825 bits per heavy atom. The van der Waals surface area contributed by atoms with E-state index in [1.165, 1.54) is 0 Å². The van der Waals surface area contributed by atoms with Gasteiger partial charge in [-0.3, -0.25) is 4.98 Å². The molecule has 0 bridgehead atoms. The van der Waals surface area contributed by atoms with E-state index in [9.17, 15) is 5.11 Å². The third kappa shape index (κ3) is 8.49. The molecule has 2 aromatic heterocycles. The summed E-state index contributed by atoms with van der Waals surface area (Å²) in [5.41, 5.74) is 5.43. The third-order valence-corrected chi connectivity index (χ3v) is 6.58. The molecule has 6 nitrogen and oxygen atoms in total. The maximum Gasteiger partial charge on any atom is 0.258 e. The van der Waals surface area contributed by atoms with Gasteiger partial charge in [-0.25, -0.2) is 0 Å². The molecular formula is C34H48N4O2. The zero-order chi connectivity index (χ0) is 30.3. The summed E-state index contributed by atoms with van der Waals surface area (Å²) in [6.45, 7) is 20.9. The Morgan fingerprint density at radius 2 is 1.45 bits per heavy atom. The van der Waals surface area contributed by atoms with Gasteiger partial charge >= 0.3 is 0 Å². The van der Waals surface area contributed by atoms with Gasteiger partial charge in [-0.1, -0.05) is 90.9 Å². The van der Waals surface area contributed by atoms with E-state index in [1.54, 1.807) is 0 Å². The van der Waals surface area contributed by atoms with Crippen LogP contribution >= 0.6 is 0 Å². The third-order valence-electron chi connectivity index (χ3n) is 6.58. The van der Waals surface area contributed by atoms with Crippen LogP contribution in [0, 0.1) is 6.92 Å². The van der Waals surface area contributed by atoms with Crippen molar-refractivity contribution >= 4 is 0 Å². The average molecular weight is 545 g/mol. The molecule has 216 valence electrons. The van der Waals surface area contributed by atoms with E-state index < -0.39 is 0 Å². The first-order valence-corrected chi connectivity index (χ1v) is 14.1. The molecule has 2 aromatic carbocycles. The van der Waals surface area contributed by atoms with Gasteiger partial charge in [0.1, 0.15) is 5.75 Å². The highest BCUT2D eigenvalue weighted by Gasteiger charge is 2.27. The number of phenolic OH excluding ortho intramolecular Hbond substituents is 1. The van der Waals surface area contributed by atoms with Gasteiger partial charge in [-0.2, -0.15) is 4.98 Å². The molecule has 0 saturated heterocycles. The van der Waals surface area contributed by atoms with E-state index in [2.05, 4.69) is 101 Å². The molecule has 6 heteroatoms. The molecule has 1 atom stereocenters. The maximum atomic E-state index is 10.9. The number of hydrogen-bond donors (Lipinski definition) is 1. The molecule has 0 aliphatic carbocycles. The van der Waals surface area contributed by atoms with Crippen LogP contribution in [0.15, 0.2) is 65.2 Å². The Bertz CT molecular complexity index is 1350. The Labute approximate surface area is 241 Å². The number of benzene rings is 2. The fourth-order valence-corrected chi connectivity index (χ4v) is 3.90. The van der Waals surface area contributed by atoms with Gasteiger partial charge in [0.2, 0.25) is 5.82 Å². The van der Waals surface area contributed by atoms with Crippen LogP contribution in [0.2, 0.25) is 0 Å². The van der Waals surface area contributed by atoms with Crippen molar-refractivity contribution in [1.82, 2.24) is 20.0 Å². The predicted octanol–water partition coefficient (Wildman–Crippen LogP) is 8.74. The Balaban J connectivity index is 0.000000336. The number of rotatable bonds is 4. The van der Waals surface area contributed by atoms with Crippen molar-refractivity contribution in [1.29, 1.82) is 0 Å². The van der Waals surface area contributed by atoms with Crippen LogP contribution < -0.4 is 0 Å². The van der Waals surface area contributed by atoms with Crippen LogP contribution in [0.4, 0.5) is 0 Å². The first kappa shape index (κ1) is 32.7. The molecule has 1 unspecified atom stereocenters. The van der Waals surface area contributed by atoms with Crippen LogP contribution in [0.5, 0.6) is 5.75 Å². The molecule has 0 fully saturated rings. The first-order chi connectivity index (χ1) is 18.7. The van der Waals surface area contributed by atoms with Crippen LogP contribution in [0.3, 0.4) is 0 Å². The molecule has 4 aromatic rings. The lowest BCUT2D eigenvalue weighted by molar-refractivity contribution is 0.315. The summed E-state index contributed by atoms with van der Waals surface area (Å²) >= 11 is 0. The normalized spacial score (nSPS) is 12.2. The van der Waals surface area contributed by atoms with E-state index in [0.717, 1.165) is 28.1 Å². The quantitative estimate of drug-likeness (QED) is 0.277. The van der Waals surface area contributed by atoms with Crippen LogP contribution in [-0.2, 0) is 10.8 Å². The van der Waals surface area contributed by atoms with Crippen LogP contribution in [-0.4, -0.2) is 39.2 Å². The SMILES string of the molecule is CC.CC(C)(C)c1cc(-c2noc(-c3ccccc3)n2)c(O)c(C(C)(C)C)c1.Cc1cccc(C(C)N(C)C)n1. The van der Waals surface area contributed by atoms with Crippen molar-refractivity contribution < 1.29 is 9.63 Å². The highest BCUT2D eigenvalue weighted by Crippen LogP contribution is 2.41. The molecule has 0 aliphatic rings. The van der Waals surface area contributed by atoms with E-state index in [-0.39, 0.29) is 16.6 Å². The fraction of sp³-hybridized carbons (Fsp3) is 0.441. The number of aromatic hydroxyl groups is 1. The first-order valence-electron chi connectivity index (χ1n) is 14.1. The standard InChI is InChI=1S/C22H26N2O2.C10H16N2.C2H6/c1-21(2,3)15-12-16(18(25)17(13-15)22(4,5)6)19-23-20(26-24-19)14-10-8-7-9-11-14;1-8-6-5-7-10(11-8)9(2)12(3)4;1-2/h7-13,25H,1-6H3;5-7,9H,1-4H3;1-2H3. The van der Waals surface area contributed by atoms with Gasteiger partial charge in [-0.15, -0.1) is 0 Å². The minimum atomic E-state index is -0.202. The topological polar surface area (TPSA) is 75.3 Å². The second-order valence-electron chi connectivity index (χ2n) is 12.1. The lowest BCUT2D eigenvalue weighted by atomic mass is 9.79. The van der Waals surface area contributed by atoms with Gasteiger partial charge in [0.05, 0.1) is 11.3 Å². The largest absolute Gasteiger partial charge is 0.507 e.